The highest BCUT2D eigenvalue weighted by molar-refractivity contribution is 7.10. The summed E-state index contributed by atoms with van der Waals surface area (Å²) < 4.78 is 0. The molecule has 0 spiro atoms. The molecule has 1 saturated heterocycles. The van der Waals surface area contributed by atoms with Crippen molar-refractivity contribution >= 4 is 23.3 Å². The normalized spacial score (nSPS) is 21.7. The van der Waals surface area contributed by atoms with Crippen LogP contribution in [0.1, 0.15) is 30.7 Å². The first-order valence-corrected chi connectivity index (χ1v) is 6.87. The van der Waals surface area contributed by atoms with Crippen LogP contribution in [0.2, 0.25) is 0 Å². The molecule has 1 fully saturated rings. The zero-order chi connectivity index (χ0) is 13.1. The lowest BCUT2D eigenvalue weighted by Gasteiger charge is -2.28. The Morgan fingerprint density at radius 3 is 3.00 bits per heavy atom. The number of hydrogen-bond acceptors (Lipinski definition) is 4. The van der Waals surface area contributed by atoms with Crippen molar-refractivity contribution in [3.63, 3.8) is 0 Å². The summed E-state index contributed by atoms with van der Waals surface area (Å²) in [6.45, 7) is 2.68. The van der Waals surface area contributed by atoms with Crippen LogP contribution in [-0.2, 0) is 4.79 Å². The quantitative estimate of drug-likeness (QED) is 0.870. The second-order valence-corrected chi connectivity index (χ2v) is 5.42. The van der Waals surface area contributed by atoms with Gasteiger partial charge in [-0.3, -0.25) is 15.0 Å². The molecule has 2 rings (SSSR count). The van der Waals surface area contributed by atoms with E-state index in [0.717, 1.165) is 19.4 Å². The fourth-order valence-corrected chi connectivity index (χ4v) is 3.30. The Bertz CT molecular complexity index is 433. The third kappa shape index (κ3) is 2.70. The minimum Gasteiger partial charge on any atom is -0.351 e. The minimum atomic E-state index is -0.793. The highest BCUT2D eigenvalue weighted by Gasteiger charge is 2.33. The van der Waals surface area contributed by atoms with Gasteiger partial charge in [0, 0.05) is 10.9 Å². The number of amides is 3. The zero-order valence-corrected chi connectivity index (χ0v) is 11.1. The second-order valence-electron chi connectivity index (χ2n) is 4.44. The first-order valence-electron chi connectivity index (χ1n) is 5.99. The van der Waals surface area contributed by atoms with E-state index in [0.29, 0.717) is 0 Å². The third-order valence-electron chi connectivity index (χ3n) is 3.29. The predicted molar refractivity (Wildman–Crippen MR) is 70.2 cm³/mol. The molecule has 0 bridgehead atoms. The van der Waals surface area contributed by atoms with Gasteiger partial charge in [0.2, 0.25) is 5.91 Å². The molecule has 3 N–H and O–H groups in total. The standard InChI is InChI=1S/C12H17N3O2S/c1-8(11(16)14-12(13)17)15-6-2-4-9(15)10-5-3-7-18-10/h3,5,7-9H,2,4,6H2,1H3,(H3,13,14,16,17). The molecule has 98 valence electrons. The highest BCUT2D eigenvalue weighted by Crippen LogP contribution is 2.35. The molecule has 0 aliphatic carbocycles. The van der Waals surface area contributed by atoms with Crippen molar-refractivity contribution in [2.24, 2.45) is 5.73 Å². The first-order chi connectivity index (χ1) is 8.59. The van der Waals surface area contributed by atoms with E-state index in [-0.39, 0.29) is 18.0 Å². The number of primary amides is 1. The fourth-order valence-electron chi connectivity index (χ4n) is 2.42. The number of nitrogens with zero attached hydrogens (tertiary/aromatic N) is 1. The maximum absolute atomic E-state index is 11.8. The Hall–Kier alpha value is -1.40. The molecule has 0 aromatic carbocycles. The molecule has 0 saturated carbocycles. The van der Waals surface area contributed by atoms with Gasteiger partial charge in [0.15, 0.2) is 0 Å². The molecule has 6 heteroatoms. The van der Waals surface area contributed by atoms with E-state index in [9.17, 15) is 9.59 Å². The summed E-state index contributed by atoms with van der Waals surface area (Å²) in [4.78, 5) is 25.9. The SMILES string of the molecule is CC(C(=O)NC(N)=O)N1CCCC1c1cccs1. The van der Waals surface area contributed by atoms with Gasteiger partial charge in [-0.25, -0.2) is 4.79 Å². The van der Waals surface area contributed by atoms with Crippen LogP contribution in [0.5, 0.6) is 0 Å². The molecule has 3 amide bonds. The largest absolute Gasteiger partial charge is 0.351 e. The molecule has 5 nitrogen and oxygen atoms in total. The number of nitrogens with two attached hydrogens (primary N) is 1. The number of urea groups is 1. The first kappa shape index (κ1) is 13.0. The maximum Gasteiger partial charge on any atom is 0.318 e. The van der Waals surface area contributed by atoms with Gasteiger partial charge in [0.1, 0.15) is 0 Å². The van der Waals surface area contributed by atoms with E-state index in [4.69, 9.17) is 5.73 Å². The van der Waals surface area contributed by atoms with E-state index >= 15 is 0 Å². The van der Waals surface area contributed by atoms with E-state index < -0.39 is 6.03 Å². The summed E-state index contributed by atoms with van der Waals surface area (Å²) in [6.07, 6.45) is 2.12. The van der Waals surface area contributed by atoms with E-state index in [1.807, 2.05) is 18.4 Å². The van der Waals surface area contributed by atoms with Gasteiger partial charge in [-0.15, -0.1) is 11.3 Å². The number of carbonyl (C=O) groups excluding carboxylic acids is 2. The summed E-state index contributed by atoms with van der Waals surface area (Å²) in [5.74, 6) is -0.328. The number of carbonyl (C=O) groups is 2. The molecule has 18 heavy (non-hydrogen) atoms. The van der Waals surface area contributed by atoms with E-state index in [1.165, 1.54) is 4.88 Å². The second kappa shape index (κ2) is 5.49. The van der Waals surface area contributed by atoms with Crippen molar-refractivity contribution < 1.29 is 9.59 Å². The van der Waals surface area contributed by atoms with Gasteiger partial charge < -0.3 is 5.73 Å². The number of nitrogens with one attached hydrogen (secondary N) is 1. The lowest BCUT2D eigenvalue weighted by molar-refractivity contribution is -0.125. The van der Waals surface area contributed by atoms with E-state index in [2.05, 4.69) is 16.3 Å². The lowest BCUT2D eigenvalue weighted by Crippen LogP contribution is -2.48. The molecule has 1 aromatic rings. The van der Waals surface area contributed by atoms with Crippen LogP contribution in [-0.4, -0.2) is 29.4 Å². The molecule has 2 unspecified atom stereocenters. The fraction of sp³-hybridized carbons (Fsp3) is 0.500. The molecule has 1 aliphatic rings. The number of rotatable bonds is 3. The Balaban J connectivity index is 2.07. The Morgan fingerprint density at radius 2 is 2.39 bits per heavy atom. The van der Waals surface area contributed by atoms with Gasteiger partial charge >= 0.3 is 6.03 Å². The van der Waals surface area contributed by atoms with Crippen molar-refractivity contribution in [2.75, 3.05) is 6.54 Å². The van der Waals surface area contributed by atoms with Crippen molar-refractivity contribution in [1.29, 1.82) is 0 Å². The van der Waals surface area contributed by atoms with Gasteiger partial charge in [-0.1, -0.05) is 6.07 Å². The van der Waals surface area contributed by atoms with Crippen LogP contribution in [0.3, 0.4) is 0 Å². The maximum atomic E-state index is 11.8. The molecular weight excluding hydrogens is 250 g/mol. The summed E-state index contributed by atoms with van der Waals surface area (Å²) in [5, 5.41) is 4.19. The molecule has 1 aliphatic heterocycles. The van der Waals surface area contributed by atoms with Crippen LogP contribution in [0.25, 0.3) is 0 Å². The molecule has 0 radical (unpaired) electrons. The van der Waals surface area contributed by atoms with Gasteiger partial charge in [0.05, 0.1) is 6.04 Å². The number of imide groups is 1. The highest BCUT2D eigenvalue weighted by atomic mass is 32.1. The zero-order valence-electron chi connectivity index (χ0n) is 10.3. The van der Waals surface area contributed by atoms with Gasteiger partial charge in [0.25, 0.3) is 0 Å². The summed E-state index contributed by atoms with van der Waals surface area (Å²) in [7, 11) is 0. The average molecular weight is 267 g/mol. The van der Waals surface area contributed by atoms with Crippen molar-refractivity contribution in [1.82, 2.24) is 10.2 Å². The monoisotopic (exact) mass is 267 g/mol. The molecule has 2 atom stereocenters. The Labute approximate surface area is 110 Å². The topological polar surface area (TPSA) is 75.4 Å². The smallest absolute Gasteiger partial charge is 0.318 e. The third-order valence-corrected chi connectivity index (χ3v) is 4.26. The molecule has 2 heterocycles. The van der Waals surface area contributed by atoms with Crippen molar-refractivity contribution in [3.05, 3.63) is 22.4 Å². The average Bonchev–Trinajstić information content (AvgIpc) is 2.97. The Morgan fingerprint density at radius 1 is 1.61 bits per heavy atom. The van der Waals surface area contributed by atoms with Crippen LogP contribution < -0.4 is 11.1 Å². The summed E-state index contributed by atoms with van der Waals surface area (Å²) >= 11 is 1.70. The molecule has 1 aromatic heterocycles. The van der Waals surface area contributed by atoms with E-state index in [1.54, 1.807) is 11.3 Å². The molecular formula is C12H17N3O2S. The summed E-state index contributed by atoms with van der Waals surface area (Å²) in [6, 6.07) is 3.25. The minimum absolute atomic E-state index is 0.277. The van der Waals surface area contributed by atoms with Crippen molar-refractivity contribution in [2.45, 2.75) is 31.8 Å². The van der Waals surface area contributed by atoms with Crippen LogP contribution in [0, 0.1) is 0 Å². The lowest BCUT2D eigenvalue weighted by atomic mass is 10.1. The van der Waals surface area contributed by atoms with Gasteiger partial charge in [-0.2, -0.15) is 0 Å². The van der Waals surface area contributed by atoms with Crippen LogP contribution >= 0.6 is 11.3 Å². The number of thiophene rings is 1. The Kier molecular flexibility index (Phi) is 3.98. The number of hydrogen-bond donors (Lipinski definition) is 2. The number of likely N-dealkylation sites (tertiary alicyclic amines) is 1. The van der Waals surface area contributed by atoms with Gasteiger partial charge in [-0.05, 0) is 37.8 Å². The predicted octanol–water partition coefficient (Wildman–Crippen LogP) is 1.47. The van der Waals surface area contributed by atoms with Crippen LogP contribution in [0.15, 0.2) is 17.5 Å². The summed E-state index contributed by atoms with van der Waals surface area (Å²) in [5.41, 5.74) is 4.97. The van der Waals surface area contributed by atoms with Crippen molar-refractivity contribution in [3.8, 4) is 0 Å². The van der Waals surface area contributed by atoms with Crippen LogP contribution in [0.4, 0.5) is 4.79 Å².